The average Bonchev–Trinajstić information content (AvgIpc) is 3.43. The quantitative estimate of drug-likeness (QED) is 0.532. The van der Waals surface area contributed by atoms with Gasteiger partial charge in [-0.3, -0.25) is 0 Å². The van der Waals surface area contributed by atoms with Crippen LogP contribution in [0.15, 0.2) is 73.6 Å². The number of aromatic nitrogens is 6. The van der Waals surface area contributed by atoms with Gasteiger partial charge in [-0.05, 0) is 18.6 Å². The minimum Gasteiger partial charge on any atom is -0.343 e. The fourth-order valence-electron chi connectivity index (χ4n) is 3.45. The van der Waals surface area contributed by atoms with Crippen molar-refractivity contribution >= 4 is 5.65 Å². The number of hydrogen-bond acceptors (Lipinski definition) is 3. The van der Waals surface area contributed by atoms with Crippen molar-refractivity contribution < 1.29 is 0 Å². The SMILES string of the molecule is Cc1cccn2c(Cn3cnc(-c4ccccc4)c3-c3ncc[nH]3)cnc12. The van der Waals surface area contributed by atoms with Gasteiger partial charge in [-0.25, -0.2) is 15.0 Å². The number of pyridine rings is 1. The summed E-state index contributed by atoms with van der Waals surface area (Å²) >= 11 is 0. The molecule has 5 aromatic rings. The number of nitrogens with zero attached hydrogens (tertiary/aromatic N) is 5. The standard InChI is InChI=1S/C21H18N6/c1-15-6-5-11-27-17(12-24-21(15)27)13-26-14-25-18(16-7-3-2-4-8-16)19(26)20-22-9-10-23-20/h2-12,14H,13H2,1H3,(H,22,23). The second-order valence-corrected chi connectivity index (χ2v) is 6.51. The van der Waals surface area contributed by atoms with Crippen molar-refractivity contribution in [2.24, 2.45) is 0 Å². The van der Waals surface area contributed by atoms with E-state index in [-0.39, 0.29) is 0 Å². The van der Waals surface area contributed by atoms with Crippen molar-refractivity contribution in [2.45, 2.75) is 13.5 Å². The van der Waals surface area contributed by atoms with Gasteiger partial charge in [-0.15, -0.1) is 0 Å². The molecular formula is C21H18N6. The summed E-state index contributed by atoms with van der Waals surface area (Å²) < 4.78 is 4.25. The van der Waals surface area contributed by atoms with Gasteiger partial charge in [0.25, 0.3) is 0 Å². The monoisotopic (exact) mass is 354 g/mol. The van der Waals surface area contributed by atoms with Gasteiger partial charge in [0.2, 0.25) is 0 Å². The van der Waals surface area contributed by atoms with Gasteiger partial charge in [0.15, 0.2) is 5.82 Å². The maximum atomic E-state index is 4.69. The van der Waals surface area contributed by atoms with Crippen LogP contribution in [0.1, 0.15) is 11.3 Å². The van der Waals surface area contributed by atoms with E-state index in [2.05, 4.69) is 49.0 Å². The van der Waals surface area contributed by atoms with Crippen molar-refractivity contribution in [3.05, 3.63) is 84.8 Å². The Kier molecular flexibility index (Phi) is 3.60. The molecule has 4 aromatic heterocycles. The summed E-state index contributed by atoms with van der Waals surface area (Å²) in [7, 11) is 0. The van der Waals surface area contributed by atoms with Gasteiger partial charge in [-0.2, -0.15) is 0 Å². The number of aryl methyl sites for hydroxylation is 1. The number of benzene rings is 1. The molecule has 0 saturated heterocycles. The molecule has 6 nitrogen and oxygen atoms in total. The summed E-state index contributed by atoms with van der Waals surface area (Å²) in [6.07, 6.45) is 9.44. The number of fused-ring (bicyclic) bond motifs is 1. The Hall–Kier alpha value is -3.67. The number of rotatable bonds is 4. The van der Waals surface area contributed by atoms with Crippen LogP contribution in [0.25, 0.3) is 28.4 Å². The van der Waals surface area contributed by atoms with Gasteiger partial charge in [0.05, 0.1) is 30.5 Å². The molecule has 0 unspecified atom stereocenters. The lowest BCUT2D eigenvalue weighted by Crippen LogP contribution is -2.04. The zero-order valence-corrected chi connectivity index (χ0v) is 14.9. The Balaban J connectivity index is 1.64. The molecule has 27 heavy (non-hydrogen) atoms. The predicted octanol–water partition coefficient (Wildman–Crippen LogP) is 3.94. The molecule has 0 aliphatic rings. The Morgan fingerprint density at radius 3 is 2.70 bits per heavy atom. The molecule has 1 aromatic carbocycles. The largest absolute Gasteiger partial charge is 0.343 e. The van der Waals surface area contributed by atoms with Crippen LogP contribution in [0.3, 0.4) is 0 Å². The number of imidazole rings is 3. The number of H-pyrrole nitrogens is 1. The van der Waals surface area contributed by atoms with Gasteiger partial charge < -0.3 is 14.0 Å². The summed E-state index contributed by atoms with van der Waals surface area (Å²) in [5, 5.41) is 0. The fourth-order valence-corrected chi connectivity index (χ4v) is 3.45. The van der Waals surface area contributed by atoms with Gasteiger partial charge in [0, 0.05) is 24.2 Å². The fraction of sp³-hybridized carbons (Fsp3) is 0.0952. The van der Waals surface area contributed by atoms with E-state index >= 15 is 0 Å². The summed E-state index contributed by atoms with van der Waals surface area (Å²) in [4.78, 5) is 17.0. The first-order valence-electron chi connectivity index (χ1n) is 8.83. The molecule has 0 atom stereocenters. The smallest absolute Gasteiger partial charge is 0.156 e. The lowest BCUT2D eigenvalue weighted by molar-refractivity contribution is 0.768. The van der Waals surface area contributed by atoms with Crippen LogP contribution < -0.4 is 0 Å². The summed E-state index contributed by atoms with van der Waals surface area (Å²) in [5.41, 5.74) is 6.18. The van der Waals surface area contributed by atoms with E-state index in [1.807, 2.05) is 49.2 Å². The highest BCUT2D eigenvalue weighted by atomic mass is 15.1. The van der Waals surface area contributed by atoms with Crippen LogP contribution in [0.5, 0.6) is 0 Å². The third-order valence-electron chi connectivity index (χ3n) is 4.75. The van der Waals surface area contributed by atoms with E-state index in [0.29, 0.717) is 6.54 Å². The Morgan fingerprint density at radius 2 is 1.89 bits per heavy atom. The number of nitrogens with one attached hydrogen (secondary N) is 1. The number of aromatic amines is 1. The summed E-state index contributed by atoms with van der Waals surface area (Å²) in [6, 6.07) is 14.3. The first kappa shape index (κ1) is 15.6. The molecule has 4 heterocycles. The maximum absolute atomic E-state index is 4.69. The van der Waals surface area contributed by atoms with Crippen molar-refractivity contribution in [3.8, 4) is 22.8 Å². The van der Waals surface area contributed by atoms with Crippen LogP contribution in [0, 0.1) is 6.92 Å². The minimum absolute atomic E-state index is 0.653. The van der Waals surface area contributed by atoms with E-state index in [9.17, 15) is 0 Å². The van der Waals surface area contributed by atoms with Gasteiger partial charge in [-0.1, -0.05) is 36.4 Å². The molecule has 0 amide bonds. The van der Waals surface area contributed by atoms with E-state index in [1.165, 1.54) is 0 Å². The predicted molar refractivity (Wildman–Crippen MR) is 104 cm³/mol. The molecule has 0 radical (unpaired) electrons. The van der Waals surface area contributed by atoms with E-state index in [4.69, 9.17) is 4.98 Å². The average molecular weight is 354 g/mol. The van der Waals surface area contributed by atoms with E-state index in [1.54, 1.807) is 6.20 Å². The van der Waals surface area contributed by atoms with Crippen LogP contribution in [0.2, 0.25) is 0 Å². The molecule has 0 aliphatic carbocycles. The van der Waals surface area contributed by atoms with E-state index < -0.39 is 0 Å². The zero-order valence-electron chi connectivity index (χ0n) is 14.9. The first-order chi connectivity index (χ1) is 13.3. The first-order valence-corrected chi connectivity index (χ1v) is 8.83. The normalized spacial score (nSPS) is 11.3. The molecule has 0 aliphatic heterocycles. The number of hydrogen-bond donors (Lipinski definition) is 1. The van der Waals surface area contributed by atoms with Crippen LogP contribution in [-0.2, 0) is 6.54 Å². The topological polar surface area (TPSA) is 63.8 Å². The van der Waals surface area contributed by atoms with E-state index in [0.717, 1.165) is 39.7 Å². The molecule has 0 spiro atoms. The lowest BCUT2D eigenvalue weighted by Gasteiger charge is -2.09. The molecule has 6 heteroatoms. The zero-order chi connectivity index (χ0) is 18.2. The summed E-state index contributed by atoms with van der Waals surface area (Å²) in [6.45, 7) is 2.73. The molecule has 0 fully saturated rings. The minimum atomic E-state index is 0.653. The van der Waals surface area contributed by atoms with Crippen molar-refractivity contribution in [2.75, 3.05) is 0 Å². The molecular weight excluding hydrogens is 336 g/mol. The highest BCUT2D eigenvalue weighted by Crippen LogP contribution is 2.29. The molecule has 0 saturated carbocycles. The Morgan fingerprint density at radius 1 is 1.00 bits per heavy atom. The van der Waals surface area contributed by atoms with Crippen LogP contribution in [0.4, 0.5) is 0 Å². The molecule has 132 valence electrons. The highest BCUT2D eigenvalue weighted by Gasteiger charge is 2.18. The summed E-state index contributed by atoms with van der Waals surface area (Å²) in [5.74, 6) is 0.802. The van der Waals surface area contributed by atoms with Gasteiger partial charge in [0.1, 0.15) is 11.3 Å². The van der Waals surface area contributed by atoms with Crippen molar-refractivity contribution in [1.82, 2.24) is 28.9 Å². The lowest BCUT2D eigenvalue weighted by atomic mass is 10.1. The third kappa shape index (κ3) is 2.62. The second-order valence-electron chi connectivity index (χ2n) is 6.51. The van der Waals surface area contributed by atoms with Crippen molar-refractivity contribution in [3.63, 3.8) is 0 Å². The highest BCUT2D eigenvalue weighted by molar-refractivity contribution is 5.75. The third-order valence-corrected chi connectivity index (χ3v) is 4.75. The van der Waals surface area contributed by atoms with Crippen LogP contribution >= 0.6 is 0 Å². The Bertz CT molecular complexity index is 1200. The van der Waals surface area contributed by atoms with Crippen molar-refractivity contribution in [1.29, 1.82) is 0 Å². The van der Waals surface area contributed by atoms with Gasteiger partial charge >= 0.3 is 0 Å². The molecule has 1 N–H and O–H groups in total. The molecule has 0 bridgehead atoms. The molecule has 5 rings (SSSR count). The Labute approximate surface area is 156 Å². The maximum Gasteiger partial charge on any atom is 0.156 e. The second kappa shape index (κ2) is 6.25. The van der Waals surface area contributed by atoms with Crippen LogP contribution in [-0.4, -0.2) is 28.9 Å².